The first-order valence-electron chi connectivity index (χ1n) is 10.1. The lowest BCUT2D eigenvalue weighted by molar-refractivity contribution is -0.122. The number of nitriles is 1. The van der Waals surface area contributed by atoms with E-state index in [1.165, 1.54) is 44.7 Å². The van der Waals surface area contributed by atoms with E-state index in [1.54, 1.807) is 6.20 Å². The number of rotatable bonds is 5. The third kappa shape index (κ3) is 3.58. The highest BCUT2D eigenvalue weighted by Gasteiger charge is 2.53. The lowest BCUT2D eigenvalue weighted by Crippen LogP contribution is -2.56. The molecule has 4 fully saturated rings. The van der Waals surface area contributed by atoms with Crippen molar-refractivity contribution in [1.82, 2.24) is 10.3 Å². The monoisotopic (exact) mass is 364 g/mol. The summed E-state index contributed by atoms with van der Waals surface area (Å²) in [6, 6.07) is 5.90. The molecule has 4 bridgehead atoms. The van der Waals surface area contributed by atoms with E-state index in [2.05, 4.69) is 22.5 Å². The Morgan fingerprint density at radius 1 is 1.26 bits per heavy atom. The largest absolute Gasteiger partial charge is 0.359 e. The molecule has 5 heteroatoms. The van der Waals surface area contributed by atoms with Crippen LogP contribution in [0.25, 0.3) is 0 Å². The Bertz CT molecular complexity index is 754. The lowest BCUT2D eigenvalue weighted by atomic mass is 9.48. The van der Waals surface area contributed by atoms with Gasteiger partial charge in [-0.15, -0.1) is 0 Å². The Morgan fingerprint density at radius 3 is 2.41 bits per heavy atom. The molecular formula is C22H28N4O. The molecule has 0 aromatic carbocycles. The molecule has 0 saturated heterocycles. The predicted octanol–water partition coefficient (Wildman–Crippen LogP) is 3.93. The van der Waals surface area contributed by atoms with Gasteiger partial charge in [0.2, 0.25) is 0 Å². The fraction of sp³-hybridized carbons (Fsp3) is 0.591. The SMILES string of the molecule is Cc1ccc(N/C=C(/C#N)C(=O)NC(C)C23CC4CC(CC(C4)C2)C3)cn1. The van der Waals surface area contributed by atoms with Crippen LogP contribution in [-0.2, 0) is 4.79 Å². The fourth-order valence-corrected chi connectivity index (χ4v) is 5.99. The summed E-state index contributed by atoms with van der Waals surface area (Å²) in [7, 11) is 0. The molecule has 2 N–H and O–H groups in total. The summed E-state index contributed by atoms with van der Waals surface area (Å²) < 4.78 is 0. The number of amides is 1. The van der Waals surface area contributed by atoms with E-state index in [1.807, 2.05) is 25.1 Å². The molecule has 27 heavy (non-hydrogen) atoms. The number of carbonyl (C=O) groups excluding carboxylic acids is 1. The summed E-state index contributed by atoms with van der Waals surface area (Å²) >= 11 is 0. The second kappa shape index (κ2) is 6.99. The number of nitrogens with zero attached hydrogens (tertiary/aromatic N) is 2. The van der Waals surface area contributed by atoms with Gasteiger partial charge in [-0.3, -0.25) is 9.78 Å². The third-order valence-corrected chi connectivity index (χ3v) is 7.01. The zero-order valence-corrected chi connectivity index (χ0v) is 16.2. The van der Waals surface area contributed by atoms with Crippen molar-refractivity contribution in [3.63, 3.8) is 0 Å². The first-order valence-corrected chi connectivity index (χ1v) is 10.1. The molecule has 1 aromatic rings. The van der Waals surface area contributed by atoms with E-state index in [0.29, 0.717) is 0 Å². The minimum absolute atomic E-state index is 0.104. The molecule has 4 aliphatic carbocycles. The molecule has 1 heterocycles. The second-order valence-corrected chi connectivity index (χ2v) is 8.98. The van der Waals surface area contributed by atoms with Crippen molar-refractivity contribution >= 4 is 11.6 Å². The van der Waals surface area contributed by atoms with Crippen molar-refractivity contribution in [3.05, 3.63) is 35.8 Å². The summed E-state index contributed by atoms with van der Waals surface area (Å²) in [6.07, 6.45) is 11.0. The summed E-state index contributed by atoms with van der Waals surface area (Å²) in [5.74, 6) is 2.25. The summed E-state index contributed by atoms with van der Waals surface area (Å²) in [5, 5.41) is 15.6. The van der Waals surface area contributed by atoms with Gasteiger partial charge in [-0.05, 0) is 87.7 Å². The van der Waals surface area contributed by atoms with Gasteiger partial charge in [0.25, 0.3) is 5.91 Å². The van der Waals surface area contributed by atoms with Crippen molar-refractivity contribution in [1.29, 1.82) is 5.26 Å². The molecule has 1 aromatic heterocycles. The maximum Gasteiger partial charge on any atom is 0.263 e. The fourth-order valence-electron chi connectivity index (χ4n) is 5.99. The van der Waals surface area contributed by atoms with Gasteiger partial charge in [-0.25, -0.2) is 0 Å². The number of hydrogen-bond acceptors (Lipinski definition) is 4. The predicted molar refractivity (Wildman–Crippen MR) is 105 cm³/mol. The number of carbonyl (C=O) groups is 1. The first-order chi connectivity index (χ1) is 13.0. The molecular weight excluding hydrogens is 336 g/mol. The van der Waals surface area contributed by atoms with Crippen molar-refractivity contribution < 1.29 is 4.79 Å². The summed E-state index contributed by atoms with van der Waals surface area (Å²) in [5.41, 5.74) is 2.02. The van der Waals surface area contributed by atoms with E-state index in [9.17, 15) is 10.1 Å². The van der Waals surface area contributed by atoms with Crippen LogP contribution < -0.4 is 10.6 Å². The van der Waals surface area contributed by atoms with Gasteiger partial charge in [-0.2, -0.15) is 5.26 Å². The molecule has 4 saturated carbocycles. The Morgan fingerprint density at radius 2 is 1.89 bits per heavy atom. The van der Waals surface area contributed by atoms with Crippen LogP contribution in [0.3, 0.4) is 0 Å². The molecule has 5 nitrogen and oxygen atoms in total. The van der Waals surface area contributed by atoms with Gasteiger partial charge in [0.1, 0.15) is 11.6 Å². The number of anilines is 1. The van der Waals surface area contributed by atoms with E-state index < -0.39 is 0 Å². The minimum atomic E-state index is -0.284. The van der Waals surface area contributed by atoms with Crippen molar-refractivity contribution in [2.24, 2.45) is 23.2 Å². The molecule has 4 aliphatic rings. The third-order valence-electron chi connectivity index (χ3n) is 7.01. The van der Waals surface area contributed by atoms with Gasteiger partial charge in [-0.1, -0.05) is 0 Å². The van der Waals surface area contributed by atoms with Crippen LogP contribution in [0, 0.1) is 41.4 Å². The van der Waals surface area contributed by atoms with Crippen LogP contribution in [0.2, 0.25) is 0 Å². The molecule has 142 valence electrons. The molecule has 1 amide bonds. The van der Waals surface area contributed by atoms with E-state index in [-0.39, 0.29) is 22.9 Å². The summed E-state index contributed by atoms with van der Waals surface area (Å²) in [4.78, 5) is 16.9. The number of nitrogens with one attached hydrogen (secondary N) is 2. The number of hydrogen-bond donors (Lipinski definition) is 2. The number of aromatic nitrogens is 1. The quantitative estimate of drug-likeness (QED) is 0.613. The normalized spacial score (nSPS) is 32.6. The molecule has 0 spiro atoms. The molecule has 5 rings (SSSR count). The van der Waals surface area contributed by atoms with Gasteiger partial charge in [0.15, 0.2) is 0 Å². The topological polar surface area (TPSA) is 77.8 Å². The Kier molecular flexibility index (Phi) is 4.67. The Hall–Kier alpha value is -2.35. The van der Waals surface area contributed by atoms with Crippen LogP contribution in [-0.4, -0.2) is 16.9 Å². The number of pyridine rings is 1. The lowest BCUT2D eigenvalue weighted by Gasteiger charge is -2.59. The maximum atomic E-state index is 12.7. The summed E-state index contributed by atoms with van der Waals surface area (Å²) in [6.45, 7) is 4.05. The Labute approximate surface area is 161 Å². The second-order valence-electron chi connectivity index (χ2n) is 8.98. The van der Waals surface area contributed by atoms with Crippen LogP contribution in [0.15, 0.2) is 30.1 Å². The van der Waals surface area contributed by atoms with Gasteiger partial charge >= 0.3 is 0 Å². The van der Waals surface area contributed by atoms with E-state index >= 15 is 0 Å². The van der Waals surface area contributed by atoms with Crippen LogP contribution >= 0.6 is 0 Å². The van der Waals surface area contributed by atoms with Crippen molar-refractivity contribution in [2.75, 3.05) is 5.32 Å². The van der Waals surface area contributed by atoms with Crippen LogP contribution in [0.4, 0.5) is 5.69 Å². The molecule has 1 atom stereocenters. The zero-order chi connectivity index (χ0) is 19.0. The van der Waals surface area contributed by atoms with Crippen LogP contribution in [0.5, 0.6) is 0 Å². The average Bonchev–Trinajstić information content (AvgIpc) is 2.62. The highest BCUT2D eigenvalue weighted by atomic mass is 16.1. The smallest absolute Gasteiger partial charge is 0.263 e. The number of aryl methyl sites for hydroxylation is 1. The molecule has 0 aliphatic heterocycles. The molecule has 1 unspecified atom stereocenters. The van der Waals surface area contributed by atoms with E-state index in [4.69, 9.17) is 0 Å². The van der Waals surface area contributed by atoms with Crippen LogP contribution in [0.1, 0.15) is 51.1 Å². The maximum absolute atomic E-state index is 12.7. The highest BCUT2D eigenvalue weighted by Crippen LogP contribution is 2.61. The zero-order valence-electron chi connectivity index (χ0n) is 16.2. The van der Waals surface area contributed by atoms with E-state index in [0.717, 1.165) is 29.1 Å². The molecule has 0 radical (unpaired) electrons. The minimum Gasteiger partial charge on any atom is -0.359 e. The van der Waals surface area contributed by atoms with Gasteiger partial charge < -0.3 is 10.6 Å². The Balaban J connectivity index is 1.42. The average molecular weight is 364 g/mol. The first kappa shape index (κ1) is 18.0. The standard InChI is InChI=1S/C22H28N4O/c1-14-3-4-20(13-24-14)25-12-19(11-23)21(27)26-15(2)22-8-16-5-17(9-22)7-18(6-16)10-22/h3-4,12-13,15-18,25H,5-10H2,1-2H3,(H,26,27)/b19-12-. The van der Waals surface area contributed by atoms with Gasteiger partial charge in [0.05, 0.1) is 11.9 Å². The highest BCUT2D eigenvalue weighted by molar-refractivity contribution is 5.97. The van der Waals surface area contributed by atoms with Gasteiger partial charge in [0, 0.05) is 17.9 Å². The van der Waals surface area contributed by atoms with Crippen molar-refractivity contribution in [3.8, 4) is 6.07 Å². The van der Waals surface area contributed by atoms with Crippen molar-refractivity contribution in [2.45, 2.75) is 58.4 Å².